The zero-order chi connectivity index (χ0) is 27.9. The highest BCUT2D eigenvalue weighted by Gasteiger charge is 2.24. The number of rotatable bonds is 11. The van der Waals surface area contributed by atoms with E-state index in [9.17, 15) is 9.59 Å². The van der Waals surface area contributed by atoms with Gasteiger partial charge in [-0.3, -0.25) is 9.36 Å². The summed E-state index contributed by atoms with van der Waals surface area (Å²) in [6.45, 7) is 6.16. The number of anilines is 1. The number of ether oxygens (including phenoxy) is 2. The van der Waals surface area contributed by atoms with Crippen LogP contribution in [0.15, 0.2) is 76.2 Å². The number of allylic oxidation sites excluding steroid dienone is 1. The Morgan fingerprint density at radius 2 is 1.92 bits per heavy atom. The van der Waals surface area contributed by atoms with Gasteiger partial charge in [-0.2, -0.15) is 0 Å². The first kappa shape index (κ1) is 28.9. The number of hydrogen-bond donors (Lipinski definition) is 1. The van der Waals surface area contributed by atoms with Crippen molar-refractivity contribution in [3.63, 3.8) is 0 Å². The topological polar surface area (TPSA) is 95.3 Å². The fourth-order valence-electron chi connectivity index (χ4n) is 3.67. The normalized spacial score (nSPS) is 11.6. The number of hydrogen-bond acceptors (Lipinski definition) is 8. The van der Waals surface area contributed by atoms with Gasteiger partial charge in [0.05, 0.1) is 12.9 Å². The summed E-state index contributed by atoms with van der Waals surface area (Å²) < 4.78 is 13.8. The molecule has 0 radical (unpaired) electrons. The second kappa shape index (κ2) is 13.3. The number of carbonyl (C=O) groups excluding carboxylic acids is 2. The predicted molar refractivity (Wildman–Crippen MR) is 159 cm³/mol. The van der Waals surface area contributed by atoms with E-state index in [2.05, 4.69) is 38.0 Å². The summed E-state index contributed by atoms with van der Waals surface area (Å²) in [6.07, 6.45) is 1.34. The Balaban J connectivity index is 1.47. The fraction of sp³-hybridized carbons (Fsp3) is 0.185. The number of nitrogens with zero attached hydrogens (tertiary/aromatic N) is 3. The Labute approximate surface area is 247 Å². The molecule has 0 saturated carbocycles. The number of amides is 1. The van der Waals surface area contributed by atoms with Crippen molar-refractivity contribution in [3.8, 4) is 16.9 Å². The van der Waals surface area contributed by atoms with Crippen molar-refractivity contribution < 1.29 is 19.1 Å². The van der Waals surface area contributed by atoms with Crippen LogP contribution in [0.4, 0.5) is 5.00 Å². The number of halogens is 2. The fourth-order valence-corrected chi connectivity index (χ4v) is 5.79. The first-order valence-corrected chi connectivity index (χ1v) is 14.7. The molecular weight excluding hydrogens is 624 g/mol. The maximum absolute atomic E-state index is 12.9. The summed E-state index contributed by atoms with van der Waals surface area (Å²) in [5, 5.41) is 14.8. The van der Waals surface area contributed by atoms with Gasteiger partial charge in [-0.15, -0.1) is 28.1 Å². The van der Waals surface area contributed by atoms with Crippen molar-refractivity contribution >= 4 is 67.5 Å². The number of thiophene rings is 1. The van der Waals surface area contributed by atoms with Gasteiger partial charge in [0.1, 0.15) is 16.3 Å². The molecule has 202 valence electrons. The van der Waals surface area contributed by atoms with Crippen LogP contribution in [0.1, 0.15) is 29.2 Å². The molecule has 12 heteroatoms. The Morgan fingerprint density at radius 1 is 1.21 bits per heavy atom. The van der Waals surface area contributed by atoms with E-state index in [1.54, 1.807) is 23.6 Å². The molecule has 1 N–H and O–H groups in total. The number of carbonyl (C=O) groups is 2. The first-order chi connectivity index (χ1) is 18.8. The lowest BCUT2D eigenvalue weighted by Crippen LogP contribution is -2.17. The predicted octanol–water partition coefficient (Wildman–Crippen LogP) is 7.27. The lowest BCUT2D eigenvalue weighted by Gasteiger charge is -2.15. The molecule has 4 aromatic rings. The summed E-state index contributed by atoms with van der Waals surface area (Å²) >= 11 is 11.9. The van der Waals surface area contributed by atoms with E-state index in [-0.39, 0.29) is 17.8 Å². The zero-order valence-corrected chi connectivity index (χ0v) is 25.0. The van der Waals surface area contributed by atoms with Gasteiger partial charge in [0.2, 0.25) is 5.91 Å². The molecule has 0 aliphatic rings. The minimum Gasteiger partial charge on any atom is -0.483 e. The molecular formula is C27H24BrClN4O4S2. The van der Waals surface area contributed by atoms with Crippen LogP contribution in [0.2, 0.25) is 5.02 Å². The molecule has 2 heterocycles. The Hall–Kier alpha value is -3.12. The molecule has 0 aliphatic heterocycles. The maximum atomic E-state index is 12.9. The van der Waals surface area contributed by atoms with Gasteiger partial charge in [0.15, 0.2) is 17.1 Å². The summed E-state index contributed by atoms with van der Waals surface area (Å²) in [4.78, 5) is 25.5. The lowest BCUT2D eigenvalue weighted by molar-refractivity contribution is -0.113. The second-order valence-electron chi connectivity index (χ2n) is 8.14. The molecule has 0 aliphatic carbocycles. The van der Waals surface area contributed by atoms with Crippen LogP contribution in [0.3, 0.4) is 0 Å². The molecule has 0 bridgehead atoms. The van der Waals surface area contributed by atoms with Crippen LogP contribution in [0.5, 0.6) is 5.75 Å². The molecule has 4 rings (SSSR count). The third-order valence-electron chi connectivity index (χ3n) is 5.47. The van der Waals surface area contributed by atoms with E-state index in [1.165, 1.54) is 30.2 Å². The molecule has 0 fully saturated rings. The van der Waals surface area contributed by atoms with Gasteiger partial charge in [-0.25, -0.2) is 4.79 Å². The van der Waals surface area contributed by atoms with Gasteiger partial charge < -0.3 is 14.8 Å². The van der Waals surface area contributed by atoms with E-state index in [0.29, 0.717) is 44.4 Å². The Kier molecular flexibility index (Phi) is 9.84. The number of thioether (sulfide) groups is 1. The Morgan fingerprint density at radius 3 is 2.59 bits per heavy atom. The van der Waals surface area contributed by atoms with Crippen LogP contribution >= 0.6 is 50.6 Å². The molecule has 2 aromatic carbocycles. The first-order valence-electron chi connectivity index (χ1n) is 11.6. The van der Waals surface area contributed by atoms with Crippen LogP contribution in [0, 0.1) is 0 Å². The monoisotopic (exact) mass is 646 g/mol. The highest BCUT2D eigenvalue weighted by molar-refractivity contribution is 9.10. The summed E-state index contributed by atoms with van der Waals surface area (Å²) in [6, 6.07) is 14.6. The quantitative estimate of drug-likeness (QED) is 0.104. The van der Waals surface area contributed by atoms with Crippen LogP contribution in [-0.2, 0) is 16.1 Å². The van der Waals surface area contributed by atoms with Crippen LogP contribution in [-0.4, -0.2) is 39.5 Å². The molecule has 39 heavy (non-hydrogen) atoms. The van der Waals surface area contributed by atoms with Crippen molar-refractivity contribution in [3.05, 3.63) is 87.4 Å². The second-order valence-corrected chi connectivity index (χ2v) is 11.3. The average Bonchev–Trinajstić information content (AvgIpc) is 3.53. The standard InChI is InChI=1S/C27H24BrClN4O4S2/c1-4-13-33-24(16(2)37-20-11-7-18(28)8-12-20)31-32-27(33)39-15-22(34)30-25-23(26(35)36-3)21(14-38-25)17-5-9-19(29)10-6-17/h4-12,14,16H,1,13,15H2,2-3H3,(H,30,34). The summed E-state index contributed by atoms with van der Waals surface area (Å²) in [7, 11) is 1.30. The van der Waals surface area contributed by atoms with E-state index in [1.807, 2.05) is 47.9 Å². The maximum Gasteiger partial charge on any atom is 0.341 e. The Bertz CT molecular complexity index is 1470. The largest absolute Gasteiger partial charge is 0.483 e. The summed E-state index contributed by atoms with van der Waals surface area (Å²) in [5.74, 6) is 0.511. The van der Waals surface area contributed by atoms with E-state index in [4.69, 9.17) is 21.1 Å². The molecule has 1 amide bonds. The molecule has 1 unspecified atom stereocenters. The molecule has 8 nitrogen and oxygen atoms in total. The van der Waals surface area contributed by atoms with E-state index in [0.717, 1.165) is 10.0 Å². The molecule has 0 spiro atoms. The lowest BCUT2D eigenvalue weighted by atomic mass is 10.0. The highest BCUT2D eigenvalue weighted by Crippen LogP contribution is 2.37. The third-order valence-corrected chi connectivity index (χ3v) is 8.11. The molecule has 2 aromatic heterocycles. The van der Waals surface area contributed by atoms with Crippen molar-refractivity contribution in [2.45, 2.75) is 24.7 Å². The molecule has 1 atom stereocenters. The number of esters is 1. The van der Waals surface area contributed by atoms with E-state index < -0.39 is 5.97 Å². The van der Waals surface area contributed by atoms with Crippen molar-refractivity contribution in [2.24, 2.45) is 0 Å². The smallest absolute Gasteiger partial charge is 0.341 e. The van der Waals surface area contributed by atoms with Gasteiger partial charge >= 0.3 is 5.97 Å². The van der Waals surface area contributed by atoms with Gasteiger partial charge in [0, 0.05) is 27.0 Å². The van der Waals surface area contributed by atoms with Crippen molar-refractivity contribution in [2.75, 3.05) is 18.2 Å². The minimum absolute atomic E-state index is 0.0476. The zero-order valence-electron chi connectivity index (χ0n) is 21.0. The number of aromatic nitrogens is 3. The highest BCUT2D eigenvalue weighted by atomic mass is 79.9. The van der Waals surface area contributed by atoms with Gasteiger partial charge in [-0.1, -0.05) is 57.5 Å². The van der Waals surface area contributed by atoms with Gasteiger partial charge in [0.25, 0.3) is 0 Å². The van der Waals surface area contributed by atoms with Crippen LogP contribution < -0.4 is 10.1 Å². The number of benzene rings is 2. The van der Waals surface area contributed by atoms with Crippen LogP contribution in [0.25, 0.3) is 11.1 Å². The average molecular weight is 648 g/mol. The van der Waals surface area contributed by atoms with Crippen molar-refractivity contribution in [1.82, 2.24) is 14.8 Å². The molecule has 0 saturated heterocycles. The van der Waals surface area contributed by atoms with E-state index >= 15 is 0 Å². The minimum atomic E-state index is -0.542. The SMILES string of the molecule is C=CCn1c(SCC(=O)Nc2scc(-c3ccc(Cl)cc3)c2C(=O)OC)nnc1C(C)Oc1ccc(Br)cc1. The summed E-state index contributed by atoms with van der Waals surface area (Å²) in [5.41, 5.74) is 1.73. The number of nitrogens with one attached hydrogen (secondary N) is 1. The third kappa shape index (κ3) is 7.10. The van der Waals surface area contributed by atoms with Gasteiger partial charge in [-0.05, 0) is 48.9 Å². The van der Waals surface area contributed by atoms with Crippen molar-refractivity contribution in [1.29, 1.82) is 0 Å². The number of methoxy groups -OCH3 is 1.